The summed E-state index contributed by atoms with van der Waals surface area (Å²) in [6.07, 6.45) is 3.03. The Kier molecular flexibility index (Phi) is 4.77. The summed E-state index contributed by atoms with van der Waals surface area (Å²) in [5.74, 6) is 0.0535. The van der Waals surface area contributed by atoms with Gasteiger partial charge in [0, 0.05) is 0 Å². The number of aryl methyl sites for hydroxylation is 1. The van der Waals surface area contributed by atoms with Crippen LogP contribution < -0.4 is 4.74 Å². The number of hydrogen-bond acceptors (Lipinski definition) is 1. The highest BCUT2D eigenvalue weighted by atomic mass is 19.1. The number of halogens is 1. The van der Waals surface area contributed by atoms with Crippen molar-refractivity contribution in [2.24, 2.45) is 0 Å². The third-order valence-corrected chi connectivity index (χ3v) is 2.80. The Labute approximate surface area is 107 Å². The summed E-state index contributed by atoms with van der Waals surface area (Å²) in [5, 5.41) is 0. The predicted molar refractivity (Wildman–Crippen MR) is 71.3 cm³/mol. The SMILES string of the molecule is Fc1ccccc1OCCCCc1ccccc1. The van der Waals surface area contributed by atoms with Crippen LogP contribution in [-0.2, 0) is 6.42 Å². The minimum absolute atomic E-state index is 0.291. The number of unbranched alkanes of at least 4 members (excludes halogenated alkanes) is 1. The normalized spacial score (nSPS) is 10.3. The second-order valence-electron chi connectivity index (χ2n) is 4.22. The third kappa shape index (κ3) is 3.88. The van der Waals surface area contributed by atoms with Crippen molar-refractivity contribution >= 4 is 0 Å². The van der Waals surface area contributed by atoms with Gasteiger partial charge >= 0.3 is 0 Å². The molecule has 2 aromatic carbocycles. The standard InChI is InChI=1S/C16H17FO/c17-15-11-4-5-12-16(15)18-13-7-6-10-14-8-2-1-3-9-14/h1-5,8-9,11-12H,6-7,10,13H2. The van der Waals surface area contributed by atoms with Gasteiger partial charge in [-0.2, -0.15) is 0 Å². The van der Waals surface area contributed by atoms with E-state index in [1.165, 1.54) is 11.6 Å². The van der Waals surface area contributed by atoms with E-state index in [9.17, 15) is 4.39 Å². The molecule has 0 saturated carbocycles. The lowest BCUT2D eigenvalue weighted by Crippen LogP contribution is -1.99. The zero-order valence-corrected chi connectivity index (χ0v) is 10.3. The van der Waals surface area contributed by atoms with Gasteiger partial charge in [0.15, 0.2) is 11.6 Å². The molecule has 0 bridgehead atoms. The molecule has 0 aliphatic rings. The molecule has 0 fully saturated rings. The molecule has 0 aliphatic carbocycles. The summed E-state index contributed by atoms with van der Waals surface area (Å²) in [5.41, 5.74) is 1.34. The molecule has 0 amide bonds. The molecule has 2 heteroatoms. The van der Waals surface area contributed by atoms with Crippen LogP contribution in [0.15, 0.2) is 54.6 Å². The summed E-state index contributed by atoms with van der Waals surface area (Å²) in [7, 11) is 0. The molecular weight excluding hydrogens is 227 g/mol. The molecule has 18 heavy (non-hydrogen) atoms. The molecule has 1 nitrogen and oxygen atoms in total. The number of hydrogen-bond donors (Lipinski definition) is 0. The molecule has 0 spiro atoms. The lowest BCUT2D eigenvalue weighted by atomic mass is 10.1. The molecule has 0 N–H and O–H groups in total. The zero-order valence-electron chi connectivity index (χ0n) is 10.3. The Morgan fingerprint density at radius 2 is 1.56 bits per heavy atom. The second-order valence-corrected chi connectivity index (χ2v) is 4.22. The van der Waals surface area contributed by atoms with Crippen LogP contribution in [0.3, 0.4) is 0 Å². The smallest absolute Gasteiger partial charge is 0.165 e. The van der Waals surface area contributed by atoms with Crippen LogP contribution in [0.25, 0.3) is 0 Å². The van der Waals surface area contributed by atoms with Gasteiger partial charge in [0.25, 0.3) is 0 Å². The Bertz CT molecular complexity index is 468. The number of benzene rings is 2. The van der Waals surface area contributed by atoms with E-state index >= 15 is 0 Å². The van der Waals surface area contributed by atoms with Crippen molar-refractivity contribution < 1.29 is 9.13 Å². The van der Waals surface area contributed by atoms with Crippen LogP contribution in [0.1, 0.15) is 18.4 Å². The van der Waals surface area contributed by atoms with Crippen LogP contribution in [0.4, 0.5) is 4.39 Å². The first-order valence-corrected chi connectivity index (χ1v) is 6.27. The van der Waals surface area contributed by atoms with Crippen LogP contribution in [0.5, 0.6) is 5.75 Å². The van der Waals surface area contributed by atoms with Gasteiger partial charge in [0.1, 0.15) is 0 Å². The van der Waals surface area contributed by atoms with E-state index in [-0.39, 0.29) is 5.82 Å². The predicted octanol–water partition coefficient (Wildman–Crippen LogP) is 4.23. The minimum atomic E-state index is -0.291. The highest BCUT2D eigenvalue weighted by molar-refractivity contribution is 5.23. The number of ether oxygens (including phenoxy) is 1. The van der Waals surface area contributed by atoms with E-state index in [2.05, 4.69) is 12.1 Å². The molecule has 0 atom stereocenters. The van der Waals surface area contributed by atoms with Gasteiger partial charge in [-0.1, -0.05) is 42.5 Å². The minimum Gasteiger partial charge on any atom is -0.491 e. The molecule has 0 unspecified atom stereocenters. The average Bonchev–Trinajstić information content (AvgIpc) is 2.42. The molecular formula is C16H17FO. The lowest BCUT2D eigenvalue weighted by Gasteiger charge is -2.06. The monoisotopic (exact) mass is 244 g/mol. The summed E-state index contributed by atoms with van der Waals surface area (Å²) in [4.78, 5) is 0. The Morgan fingerprint density at radius 1 is 0.833 bits per heavy atom. The Balaban J connectivity index is 1.66. The molecule has 94 valence electrons. The first kappa shape index (κ1) is 12.6. The zero-order chi connectivity index (χ0) is 12.6. The van der Waals surface area contributed by atoms with E-state index in [0.29, 0.717) is 12.4 Å². The van der Waals surface area contributed by atoms with Gasteiger partial charge in [-0.25, -0.2) is 4.39 Å². The largest absolute Gasteiger partial charge is 0.491 e. The fourth-order valence-corrected chi connectivity index (χ4v) is 1.82. The molecule has 0 radical (unpaired) electrons. The van der Waals surface area contributed by atoms with E-state index in [4.69, 9.17) is 4.74 Å². The van der Waals surface area contributed by atoms with Crippen molar-refractivity contribution in [3.63, 3.8) is 0 Å². The van der Waals surface area contributed by atoms with Crippen molar-refractivity contribution in [3.05, 3.63) is 66.0 Å². The van der Waals surface area contributed by atoms with Crippen molar-refractivity contribution in [3.8, 4) is 5.75 Å². The maximum absolute atomic E-state index is 13.2. The van der Waals surface area contributed by atoms with Gasteiger partial charge in [-0.3, -0.25) is 0 Å². The Morgan fingerprint density at radius 3 is 2.33 bits per heavy atom. The van der Waals surface area contributed by atoms with E-state index in [0.717, 1.165) is 19.3 Å². The summed E-state index contributed by atoms with van der Waals surface area (Å²) < 4.78 is 18.6. The van der Waals surface area contributed by atoms with Crippen molar-refractivity contribution in [2.45, 2.75) is 19.3 Å². The van der Waals surface area contributed by atoms with E-state index in [1.54, 1.807) is 18.2 Å². The summed E-state index contributed by atoms with van der Waals surface area (Å²) in [6.45, 7) is 0.563. The fourth-order valence-electron chi connectivity index (χ4n) is 1.82. The first-order chi connectivity index (χ1) is 8.86. The van der Waals surface area contributed by atoms with Crippen LogP contribution in [-0.4, -0.2) is 6.61 Å². The maximum atomic E-state index is 13.2. The van der Waals surface area contributed by atoms with Crippen molar-refractivity contribution in [1.29, 1.82) is 0 Å². The molecule has 2 rings (SSSR count). The van der Waals surface area contributed by atoms with Gasteiger partial charge < -0.3 is 4.74 Å². The fraction of sp³-hybridized carbons (Fsp3) is 0.250. The molecule has 0 saturated heterocycles. The maximum Gasteiger partial charge on any atom is 0.165 e. The number of rotatable bonds is 6. The van der Waals surface area contributed by atoms with Crippen molar-refractivity contribution in [1.82, 2.24) is 0 Å². The van der Waals surface area contributed by atoms with Gasteiger partial charge in [-0.15, -0.1) is 0 Å². The third-order valence-electron chi connectivity index (χ3n) is 2.80. The molecule has 0 aromatic heterocycles. The van der Waals surface area contributed by atoms with Crippen LogP contribution in [0.2, 0.25) is 0 Å². The van der Waals surface area contributed by atoms with Crippen LogP contribution >= 0.6 is 0 Å². The van der Waals surface area contributed by atoms with Gasteiger partial charge in [0.05, 0.1) is 6.61 Å². The van der Waals surface area contributed by atoms with Crippen LogP contribution in [0, 0.1) is 5.82 Å². The van der Waals surface area contributed by atoms with Gasteiger partial charge in [0.2, 0.25) is 0 Å². The summed E-state index contributed by atoms with van der Waals surface area (Å²) >= 11 is 0. The summed E-state index contributed by atoms with van der Waals surface area (Å²) in [6, 6.07) is 16.9. The van der Waals surface area contributed by atoms with E-state index in [1.807, 2.05) is 18.2 Å². The topological polar surface area (TPSA) is 9.23 Å². The Hall–Kier alpha value is -1.83. The van der Waals surface area contributed by atoms with Gasteiger partial charge in [-0.05, 0) is 37.0 Å². The van der Waals surface area contributed by atoms with Crippen molar-refractivity contribution in [2.75, 3.05) is 6.61 Å². The van der Waals surface area contributed by atoms with E-state index < -0.39 is 0 Å². The molecule has 0 heterocycles. The molecule has 2 aromatic rings. The number of para-hydroxylation sites is 1. The first-order valence-electron chi connectivity index (χ1n) is 6.27. The lowest BCUT2D eigenvalue weighted by molar-refractivity contribution is 0.292. The highest BCUT2D eigenvalue weighted by Crippen LogP contribution is 2.15. The quantitative estimate of drug-likeness (QED) is 0.691. The molecule has 0 aliphatic heterocycles. The second kappa shape index (κ2) is 6.80. The average molecular weight is 244 g/mol. The highest BCUT2D eigenvalue weighted by Gasteiger charge is 2.00.